The third kappa shape index (κ3) is 1.70. The van der Waals surface area contributed by atoms with Crippen LogP contribution in [0.4, 0.5) is 0 Å². The largest absolute Gasteiger partial charge is 0.294 e. The Bertz CT molecular complexity index is 193. The van der Waals surface area contributed by atoms with Crippen LogP contribution in [0.15, 0.2) is 11.6 Å². The average molecular weight is 152 g/mol. The number of rotatable bonds is 3. The van der Waals surface area contributed by atoms with Crippen molar-refractivity contribution in [1.29, 1.82) is 0 Å². The van der Waals surface area contributed by atoms with Crippen LogP contribution < -0.4 is 0 Å². The standard InChI is InChI=1S/C10H16O/c1-4-10(5-6-10)9(11)7-8(2)3/h7H,4-6H2,1-3H3. The smallest absolute Gasteiger partial charge is 0.161 e. The Hall–Kier alpha value is -0.590. The van der Waals surface area contributed by atoms with Crippen molar-refractivity contribution >= 4 is 5.78 Å². The van der Waals surface area contributed by atoms with Crippen LogP contribution in [0.3, 0.4) is 0 Å². The van der Waals surface area contributed by atoms with Crippen molar-refractivity contribution in [1.82, 2.24) is 0 Å². The van der Waals surface area contributed by atoms with Crippen LogP contribution in [-0.2, 0) is 4.79 Å². The molecule has 0 radical (unpaired) electrons. The summed E-state index contributed by atoms with van der Waals surface area (Å²) in [6, 6.07) is 0. The number of carbonyl (C=O) groups is 1. The van der Waals surface area contributed by atoms with Gasteiger partial charge in [0.1, 0.15) is 0 Å². The van der Waals surface area contributed by atoms with Crippen LogP contribution in [0.25, 0.3) is 0 Å². The lowest BCUT2D eigenvalue weighted by Crippen LogP contribution is -2.11. The molecule has 1 nitrogen and oxygen atoms in total. The molecule has 0 unspecified atom stereocenters. The minimum absolute atomic E-state index is 0.0667. The fourth-order valence-corrected chi connectivity index (χ4v) is 1.34. The minimum atomic E-state index is 0.0667. The van der Waals surface area contributed by atoms with Crippen LogP contribution in [0.5, 0.6) is 0 Å². The summed E-state index contributed by atoms with van der Waals surface area (Å²) in [6.45, 7) is 6.05. The predicted molar refractivity (Wildman–Crippen MR) is 46.4 cm³/mol. The molecule has 0 aromatic heterocycles. The second-order valence-corrected chi connectivity index (χ2v) is 3.72. The van der Waals surface area contributed by atoms with E-state index in [-0.39, 0.29) is 5.41 Å². The molecule has 0 heterocycles. The highest BCUT2D eigenvalue weighted by atomic mass is 16.1. The highest BCUT2D eigenvalue weighted by Gasteiger charge is 2.46. The molecule has 0 aliphatic heterocycles. The van der Waals surface area contributed by atoms with Gasteiger partial charge >= 0.3 is 0 Å². The summed E-state index contributed by atoms with van der Waals surface area (Å²) in [4.78, 5) is 11.5. The molecule has 11 heavy (non-hydrogen) atoms. The van der Waals surface area contributed by atoms with Crippen molar-refractivity contribution in [2.45, 2.75) is 40.0 Å². The van der Waals surface area contributed by atoms with E-state index in [2.05, 4.69) is 6.92 Å². The Kier molecular flexibility index (Phi) is 2.17. The lowest BCUT2D eigenvalue weighted by molar-refractivity contribution is -0.119. The Morgan fingerprint density at radius 2 is 2.00 bits per heavy atom. The van der Waals surface area contributed by atoms with Gasteiger partial charge < -0.3 is 0 Å². The summed E-state index contributed by atoms with van der Waals surface area (Å²) in [6.07, 6.45) is 5.00. The maximum absolute atomic E-state index is 11.5. The van der Waals surface area contributed by atoms with Crippen molar-refractivity contribution in [2.75, 3.05) is 0 Å². The van der Waals surface area contributed by atoms with E-state index in [1.54, 1.807) is 6.08 Å². The first kappa shape index (κ1) is 8.51. The van der Waals surface area contributed by atoms with Gasteiger partial charge in [0.05, 0.1) is 0 Å². The van der Waals surface area contributed by atoms with E-state index < -0.39 is 0 Å². The highest BCUT2D eigenvalue weighted by Crippen LogP contribution is 2.49. The van der Waals surface area contributed by atoms with Crippen molar-refractivity contribution in [3.8, 4) is 0 Å². The fraction of sp³-hybridized carbons (Fsp3) is 0.700. The summed E-state index contributed by atoms with van der Waals surface area (Å²) in [5.41, 5.74) is 1.19. The molecule has 0 amide bonds. The Morgan fingerprint density at radius 1 is 1.45 bits per heavy atom. The summed E-state index contributed by atoms with van der Waals surface area (Å²) in [7, 11) is 0. The first-order valence-corrected chi connectivity index (χ1v) is 4.30. The topological polar surface area (TPSA) is 17.1 Å². The Labute approximate surface area is 68.5 Å². The molecular formula is C10H16O. The van der Waals surface area contributed by atoms with Crippen LogP contribution in [-0.4, -0.2) is 5.78 Å². The molecule has 0 N–H and O–H groups in total. The molecule has 0 spiro atoms. The third-order valence-corrected chi connectivity index (χ3v) is 2.47. The van der Waals surface area contributed by atoms with Gasteiger partial charge in [0.2, 0.25) is 0 Å². The van der Waals surface area contributed by atoms with E-state index in [0.717, 1.165) is 24.8 Å². The second-order valence-electron chi connectivity index (χ2n) is 3.72. The SMILES string of the molecule is CCC1(C(=O)C=C(C)C)CC1. The van der Waals surface area contributed by atoms with Gasteiger partial charge in [-0.15, -0.1) is 0 Å². The summed E-state index contributed by atoms with van der Waals surface area (Å²) in [5.74, 6) is 0.347. The zero-order valence-corrected chi connectivity index (χ0v) is 7.61. The minimum Gasteiger partial charge on any atom is -0.294 e. The van der Waals surface area contributed by atoms with Gasteiger partial charge in [-0.1, -0.05) is 12.5 Å². The molecule has 0 aromatic rings. The molecular weight excluding hydrogens is 136 g/mol. The molecule has 0 atom stereocenters. The van der Waals surface area contributed by atoms with Crippen LogP contribution >= 0.6 is 0 Å². The molecule has 1 aliphatic rings. The third-order valence-electron chi connectivity index (χ3n) is 2.47. The first-order valence-electron chi connectivity index (χ1n) is 4.30. The molecule has 1 aliphatic carbocycles. The lowest BCUT2D eigenvalue weighted by atomic mass is 9.96. The second kappa shape index (κ2) is 2.80. The number of allylic oxidation sites excluding steroid dienone is 2. The van der Waals surface area contributed by atoms with Gasteiger partial charge in [-0.25, -0.2) is 0 Å². The van der Waals surface area contributed by atoms with Crippen LogP contribution in [0.2, 0.25) is 0 Å². The molecule has 1 heteroatoms. The van der Waals surface area contributed by atoms with Gasteiger partial charge in [-0.2, -0.15) is 0 Å². The van der Waals surface area contributed by atoms with Gasteiger partial charge in [0, 0.05) is 5.41 Å². The van der Waals surface area contributed by atoms with E-state index in [1.807, 2.05) is 13.8 Å². The number of hydrogen-bond acceptors (Lipinski definition) is 1. The van der Waals surface area contributed by atoms with Gasteiger partial charge in [-0.05, 0) is 39.2 Å². The first-order chi connectivity index (χ1) is 5.10. The molecule has 0 saturated heterocycles. The molecule has 1 saturated carbocycles. The van der Waals surface area contributed by atoms with E-state index in [4.69, 9.17) is 0 Å². The number of hydrogen-bond donors (Lipinski definition) is 0. The van der Waals surface area contributed by atoms with Gasteiger partial charge in [0.15, 0.2) is 5.78 Å². The van der Waals surface area contributed by atoms with Crippen molar-refractivity contribution in [3.63, 3.8) is 0 Å². The molecule has 1 fully saturated rings. The van der Waals surface area contributed by atoms with E-state index in [1.165, 1.54) is 0 Å². The van der Waals surface area contributed by atoms with Crippen LogP contribution in [0.1, 0.15) is 40.0 Å². The summed E-state index contributed by atoms with van der Waals surface area (Å²) in [5, 5.41) is 0. The molecule has 62 valence electrons. The number of carbonyl (C=O) groups excluding carboxylic acids is 1. The van der Waals surface area contributed by atoms with E-state index in [0.29, 0.717) is 5.78 Å². The zero-order chi connectivity index (χ0) is 8.48. The summed E-state index contributed by atoms with van der Waals surface area (Å²) < 4.78 is 0. The summed E-state index contributed by atoms with van der Waals surface area (Å²) >= 11 is 0. The van der Waals surface area contributed by atoms with Crippen molar-refractivity contribution < 1.29 is 4.79 Å². The predicted octanol–water partition coefficient (Wildman–Crippen LogP) is 2.71. The van der Waals surface area contributed by atoms with Crippen molar-refractivity contribution in [2.24, 2.45) is 5.41 Å². The van der Waals surface area contributed by atoms with E-state index >= 15 is 0 Å². The normalized spacial score (nSPS) is 19.2. The lowest BCUT2D eigenvalue weighted by Gasteiger charge is -2.06. The van der Waals surface area contributed by atoms with Crippen LogP contribution in [0, 0.1) is 5.41 Å². The monoisotopic (exact) mass is 152 g/mol. The quantitative estimate of drug-likeness (QED) is 0.568. The van der Waals surface area contributed by atoms with E-state index in [9.17, 15) is 4.79 Å². The average Bonchev–Trinajstić information content (AvgIpc) is 2.65. The van der Waals surface area contributed by atoms with Crippen molar-refractivity contribution in [3.05, 3.63) is 11.6 Å². The molecule has 0 bridgehead atoms. The van der Waals surface area contributed by atoms with Gasteiger partial charge in [0.25, 0.3) is 0 Å². The highest BCUT2D eigenvalue weighted by molar-refractivity contribution is 5.97. The Balaban J connectivity index is 2.62. The Morgan fingerprint density at radius 3 is 2.27 bits per heavy atom. The molecule has 1 rings (SSSR count). The van der Waals surface area contributed by atoms with Gasteiger partial charge in [-0.3, -0.25) is 4.79 Å². The maximum Gasteiger partial charge on any atom is 0.161 e. The zero-order valence-electron chi connectivity index (χ0n) is 7.61. The molecule has 0 aromatic carbocycles. The number of ketones is 1. The fourth-order valence-electron chi connectivity index (χ4n) is 1.34. The maximum atomic E-state index is 11.5.